The Morgan fingerprint density at radius 2 is 1.86 bits per heavy atom. The fourth-order valence-corrected chi connectivity index (χ4v) is 1.57. The Morgan fingerprint density at radius 1 is 1.14 bits per heavy atom. The van der Waals surface area contributed by atoms with Gasteiger partial charge < -0.3 is 10.4 Å². The lowest BCUT2D eigenvalue weighted by atomic mass is 10.1. The van der Waals surface area contributed by atoms with Crippen LogP contribution in [-0.4, -0.2) is 23.8 Å². The summed E-state index contributed by atoms with van der Waals surface area (Å²) in [5.74, 6) is 0. The number of hydrogen-bond donors (Lipinski definition) is 2. The fraction of sp³-hybridized carbons (Fsp3) is 1.00. The van der Waals surface area contributed by atoms with E-state index in [0.29, 0.717) is 12.1 Å². The molecule has 0 aromatic carbocycles. The second kappa shape index (κ2) is 9.47. The Balaban J connectivity index is 3.47. The molecule has 0 aromatic rings. The van der Waals surface area contributed by atoms with E-state index in [1.165, 1.54) is 25.7 Å². The highest BCUT2D eigenvalue weighted by molar-refractivity contribution is 4.69. The smallest absolute Gasteiger partial charge is 0.0584 e. The summed E-state index contributed by atoms with van der Waals surface area (Å²) >= 11 is 0. The number of hydrogen-bond acceptors (Lipinski definition) is 2. The van der Waals surface area contributed by atoms with Crippen LogP contribution in [0.2, 0.25) is 0 Å². The Labute approximate surface area is 89.1 Å². The van der Waals surface area contributed by atoms with Crippen molar-refractivity contribution in [2.24, 2.45) is 0 Å². The first kappa shape index (κ1) is 13.9. The third-order valence-electron chi connectivity index (χ3n) is 2.76. The van der Waals surface area contributed by atoms with Gasteiger partial charge in [-0.15, -0.1) is 0 Å². The molecule has 2 atom stereocenters. The van der Waals surface area contributed by atoms with E-state index in [-0.39, 0.29) is 6.61 Å². The quantitative estimate of drug-likeness (QED) is 0.562. The van der Waals surface area contributed by atoms with Gasteiger partial charge in [-0.05, 0) is 19.8 Å². The maximum Gasteiger partial charge on any atom is 0.0584 e. The molecule has 0 rings (SSSR count). The van der Waals surface area contributed by atoms with Crippen LogP contribution in [0.15, 0.2) is 0 Å². The zero-order valence-electron chi connectivity index (χ0n) is 10.1. The molecule has 14 heavy (non-hydrogen) atoms. The van der Waals surface area contributed by atoms with Gasteiger partial charge in [0.1, 0.15) is 0 Å². The van der Waals surface area contributed by atoms with Crippen LogP contribution in [0.3, 0.4) is 0 Å². The van der Waals surface area contributed by atoms with Crippen molar-refractivity contribution in [2.75, 3.05) is 6.61 Å². The van der Waals surface area contributed by atoms with Crippen LogP contribution in [0, 0.1) is 0 Å². The van der Waals surface area contributed by atoms with E-state index in [4.69, 9.17) is 5.11 Å². The second-order valence-corrected chi connectivity index (χ2v) is 4.20. The average molecular weight is 201 g/mol. The van der Waals surface area contributed by atoms with E-state index in [2.05, 4.69) is 26.1 Å². The molecule has 2 heteroatoms. The predicted molar refractivity (Wildman–Crippen MR) is 62.5 cm³/mol. The van der Waals surface area contributed by atoms with Crippen molar-refractivity contribution < 1.29 is 5.11 Å². The maximum atomic E-state index is 9.16. The van der Waals surface area contributed by atoms with Crippen molar-refractivity contribution in [3.05, 3.63) is 0 Å². The van der Waals surface area contributed by atoms with Crippen LogP contribution in [0.25, 0.3) is 0 Å². The SMILES string of the molecule is CCCCCCC(CO)NC(C)CC. The van der Waals surface area contributed by atoms with Crippen molar-refractivity contribution in [1.29, 1.82) is 0 Å². The highest BCUT2D eigenvalue weighted by Gasteiger charge is 2.08. The lowest BCUT2D eigenvalue weighted by Crippen LogP contribution is -2.38. The molecule has 2 nitrogen and oxygen atoms in total. The summed E-state index contributed by atoms with van der Waals surface area (Å²) in [5, 5.41) is 12.6. The third kappa shape index (κ3) is 7.34. The molecule has 2 N–H and O–H groups in total. The van der Waals surface area contributed by atoms with Gasteiger partial charge in [0.25, 0.3) is 0 Å². The molecule has 86 valence electrons. The minimum Gasteiger partial charge on any atom is -0.395 e. The molecule has 0 heterocycles. The van der Waals surface area contributed by atoms with Gasteiger partial charge in [0.2, 0.25) is 0 Å². The van der Waals surface area contributed by atoms with E-state index in [1.54, 1.807) is 0 Å². The molecule has 0 fully saturated rings. The molecule has 0 amide bonds. The molecule has 2 unspecified atom stereocenters. The first-order valence-electron chi connectivity index (χ1n) is 6.11. The molecular formula is C12H27NO. The number of nitrogens with one attached hydrogen (secondary N) is 1. The van der Waals surface area contributed by atoms with Crippen LogP contribution in [0.5, 0.6) is 0 Å². The molecule has 0 aliphatic heterocycles. The Morgan fingerprint density at radius 3 is 2.36 bits per heavy atom. The minimum absolute atomic E-state index is 0.274. The number of aliphatic hydroxyl groups is 1. The minimum atomic E-state index is 0.274. The van der Waals surface area contributed by atoms with Crippen LogP contribution >= 0.6 is 0 Å². The topological polar surface area (TPSA) is 32.3 Å². The molecule has 0 aliphatic carbocycles. The summed E-state index contributed by atoms with van der Waals surface area (Å²) < 4.78 is 0. The molecule has 0 saturated carbocycles. The van der Waals surface area contributed by atoms with Gasteiger partial charge in [0, 0.05) is 12.1 Å². The fourth-order valence-electron chi connectivity index (χ4n) is 1.57. The molecule has 0 aliphatic rings. The summed E-state index contributed by atoms with van der Waals surface area (Å²) in [7, 11) is 0. The van der Waals surface area contributed by atoms with Crippen LogP contribution < -0.4 is 5.32 Å². The van der Waals surface area contributed by atoms with Gasteiger partial charge in [0.15, 0.2) is 0 Å². The first-order valence-corrected chi connectivity index (χ1v) is 6.11. The Hall–Kier alpha value is -0.0800. The summed E-state index contributed by atoms with van der Waals surface area (Å²) in [6.45, 7) is 6.84. The summed E-state index contributed by atoms with van der Waals surface area (Å²) in [6, 6.07) is 0.833. The van der Waals surface area contributed by atoms with Crippen LogP contribution in [0.4, 0.5) is 0 Å². The van der Waals surface area contributed by atoms with Crippen LogP contribution in [0.1, 0.15) is 59.3 Å². The summed E-state index contributed by atoms with van der Waals surface area (Å²) in [6.07, 6.45) is 7.38. The lowest BCUT2D eigenvalue weighted by Gasteiger charge is -2.20. The zero-order valence-corrected chi connectivity index (χ0v) is 10.1. The highest BCUT2D eigenvalue weighted by Crippen LogP contribution is 2.06. The van der Waals surface area contributed by atoms with Crippen molar-refractivity contribution in [3.8, 4) is 0 Å². The highest BCUT2D eigenvalue weighted by atomic mass is 16.3. The number of aliphatic hydroxyl groups excluding tert-OH is 1. The van der Waals surface area contributed by atoms with Crippen LogP contribution in [-0.2, 0) is 0 Å². The van der Waals surface area contributed by atoms with Gasteiger partial charge in [-0.3, -0.25) is 0 Å². The van der Waals surface area contributed by atoms with Gasteiger partial charge >= 0.3 is 0 Å². The van der Waals surface area contributed by atoms with Crippen molar-refractivity contribution in [3.63, 3.8) is 0 Å². The number of unbranched alkanes of at least 4 members (excludes halogenated alkanes) is 3. The third-order valence-corrected chi connectivity index (χ3v) is 2.76. The van der Waals surface area contributed by atoms with Crippen molar-refractivity contribution in [1.82, 2.24) is 5.32 Å². The molecular weight excluding hydrogens is 174 g/mol. The van der Waals surface area contributed by atoms with Gasteiger partial charge in [-0.25, -0.2) is 0 Å². The molecule has 0 radical (unpaired) electrons. The first-order chi connectivity index (χ1) is 6.74. The van der Waals surface area contributed by atoms with E-state index in [0.717, 1.165) is 12.8 Å². The number of rotatable bonds is 9. The van der Waals surface area contributed by atoms with Gasteiger partial charge in [0.05, 0.1) is 6.61 Å². The summed E-state index contributed by atoms with van der Waals surface area (Å²) in [5.41, 5.74) is 0. The Kier molecular flexibility index (Phi) is 9.42. The van der Waals surface area contributed by atoms with Crippen molar-refractivity contribution >= 4 is 0 Å². The zero-order chi connectivity index (χ0) is 10.8. The molecule has 0 spiro atoms. The molecule has 0 saturated heterocycles. The van der Waals surface area contributed by atoms with E-state index >= 15 is 0 Å². The maximum absolute atomic E-state index is 9.16. The normalized spacial score (nSPS) is 15.4. The molecule has 0 aromatic heterocycles. The van der Waals surface area contributed by atoms with Crippen molar-refractivity contribution in [2.45, 2.75) is 71.4 Å². The summed E-state index contributed by atoms with van der Waals surface area (Å²) in [4.78, 5) is 0. The van der Waals surface area contributed by atoms with E-state index in [1.807, 2.05) is 0 Å². The van der Waals surface area contributed by atoms with Gasteiger partial charge in [-0.2, -0.15) is 0 Å². The van der Waals surface area contributed by atoms with E-state index in [9.17, 15) is 0 Å². The average Bonchev–Trinajstić information content (AvgIpc) is 2.22. The monoisotopic (exact) mass is 201 g/mol. The largest absolute Gasteiger partial charge is 0.395 e. The van der Waals surface area contributed by atoms with Gasteiger partial charge in [-0.1, -0.05) is 39.5 Å². The predicted octanol–water partition coefficient (Wildman–Crippen LogP) is 2.71. The standard InChI is InChI=1S/C12H27NO/c1-4-6-7-8-9-12(10-14)13-11(3)5-2/h11-14H,4-10H2,1-3H3. The Bertz CT molecular complexity index is 117. The molecule has 0 bridgehead atoms. The lowest BCUT2D eigenvalue weighted by molar-refractivity contribution is 0.222. The second-order valence-electron chi connectivity index (χ2n) is 4.20. The van der Waals surface area contributed by atoms with E-state index < -0.39 is 0 Å².